The second-order valence-electron chi connectivity index (χ2n) is 2.24. The Labute approximate surface area is 65.8 Å². The molecule has 1 rings (SSSR count). The summed E-state index contributed by atoms with van der Waals surface area (Å²) in [6.45, 7) is 4.15. The Balaban J connectivity index is 2.42. The van der Waals surface area contributed by atoms with Gasteiger partial charge in [-0.2, -0.15) is 0 Å². The van der Waals surface area contributed by atoms with Gasteiger partial charge in [0.1, 0.15) is 12.0 Å². The molecule has 1 aromatic heterocycles. The van der Waals surface area contributed by atoms with Crippen LogP contribution in [-0.2, 0) is 0 Å². The minimum Gasteiger partial charge on any atom is -0.468 e. The highest BCUT2D eigenvalue weighted by Gasteiger charge is 1.95. The quantitative estimate of drug-likeness (QED) is 0.624. The zero-order chi connectivity index (χ0) is 7.40. The Kier molecular flexibility index (Phi) is 2.87. The van der Waals surface area contributed by atoms with Gasteiger partial charge in [-0.3, -0.25) is 0 Å². The fourth-order valence-corrected chi connectivity index (χ4v) is 1.52. The second-order valence-corrected chi connectivity index (χ2v) is 3.41. The summed E-state index contributed by atoms with van der Waals surface area (Å²) in [5.74, 6) is 2.18. The number of thioether (sulfide) groups is 1. The average molecular weight is 156 g/mol. The molecule has 0 aliphatic rings. The summed E-state index contributed by atoms with van der Waals surface area (Å²) in [4.78, 5) is 1.25. The molecule has 0 amide bonds. The molecule has 0 atom stereocenters. The Bertz CT molecular complexity index is 193. The van der Waals surface area contributed by atoms with Crippen LogP contribution in [0.4, 0.5) is 0 Å². The van der Waals surface area contributed by atoms with E-state index in [2.05, 4.69) is 13.0 Å². The maximum absolute atomic E-state index is 5.14. The predicted octanol–water partition coefficient (Wildman–Crippen LogP) is 3.09. The first-order chi connectivity index (χ1) is 4.83. The summed E-state index contributed by atoms with van der Waals surface area (Å²) in [5, 5.41) is 0. The van der Waals surface area contributed by atoms with E-state index in [1.165, 1.54) is 17.1 Å². The van der Waals surface area contributed by atoms with Crippen LogP contribution in [-0.4, -0.2) is 5.75 Å². The van der Waals surface area contributed by atoms with Crippen molar-refractivity contribution in [2.24, 2.45) is 0 Å². The summed E-state index contributed by atoms with van der Waals surface area (Å²) >= 11 is 1.85. The lowest BCUT2D eigenvalue weighted by Crippen LogP contribution is -1.70. The van der Waals surface area contributed by atoms with E-state index < -0.39 is 0 Å². The Morgan fingerprint density at radius 1 is 1.60 bits per heavy atom. The molecule has 56 valence electrons. The van der Waals surface area contributed by atoms with Gasteiger partial charge in [-0.05, 0) is 25.2 Å². The van der Waals surface area contributed by atoms with Crippen molar-refractivity contribution in [3.63, 3.8) is 0 Å². The molecule has 0 radical (unpaired) electrons. The molecule has 0 fully saturated rings. The molecule has 0 N–H and O–H groups in total. The summed E-state index contributed by atoms with van der Waals surface area (Å²) < 4.78 is 5.14. The zero-order valence-electron chi connectivity index (χ0n) is 6.39. The van der Waals surface area contributed by atoms with E-state index in [-0.39, 0.29) is 0 Å². The lowest BCUT2D eigenvalue weighted by Gasteiger charge is -1.89. The van der Waals surface area contributed by atoms with Crippen molar-refractivity contribution in [3.8, 4) is 0 Å². The zero-order valence-corrected chi connectivity index (χ0v) is 7.20. The van der Waals surface area contributed by atoms with Crippen molar-refractivity contribution in [2.45, 2.75) is 25.2 Å². The molecule has 0 bridgehead atoms. The molecule has 0 aromatic carbocycles. The van der Waals surface area contributed by atoms with E-state index in [0.717, 1.165) is 5.76 Å². The highest BCUT2D eigenvalue weighted by molar-refractivity contribution is 7.99. The molecule has 1 heterocycles. The van der Waals surface area contributed by atoms with Gasteiger partial charge >= 0.3 is 0 Å². The fraction of sp³-hybridized carbons (Fsp3) is 0.500. The fourth-order valence-electron chi connectivity index (χ4n) is 0.715. The van der Waals surface area contributed by atoms with Gasteiger partial charge < -0.3 is 4.42 Å². The number of aryl methyl sites for hydroxylation is 1. The second kappa shape index (κ2) is 3.71. The topological polar surface area (TPSA) is 13.1 Å². The first-order valence-electron chi connectivity index (χ1n) is 3.51. The number of hydrogen-bond acceptors (Lipinski definition) is 2. The minimum atomic E-state index is 0.999. The lowest BCUT2D eigenvalue weighted by molar-refractivity contribution is 0.530. The molecule has 2 heteroatoms. The predicted molar refractivity (Wildman–Crippen MR) is 44.5 cm³/mol. The summed E-state index contributed by atoms with van der Waals surface area (Å²) in [7, 11) is 0. The number of hydrogen-bond donors (Lipinski definition) is 0. The van der Waals surface area contributed by atoms with Crippen LogP contribution in [0.1, 0.15) is 19.1 Å². The van der Waals surface area contributed by atoms with E-state index in [9.17, 15) is 0 Å². The van der Waals surface area contributed by atoms with Gasteiger partial charge in [-0.1, -0.05) is 6.92 Å². The third-order valence-electron chi connectivity index (χ3n) is 1.18. The summed E-state index contributed by atoms with van der Waals surface area (Å²) in [6.07, 6.45) is 3.03. The molecule has 0 unspecified atom stereocenters. The van der Waals surface area contributed by atoms with Crippen molar-refractivity contribution < 1.29 is 4.42 Å². The highest BCUT2D eigenvalue weighted by atomic mass is 32.2. The van der Waals surface area contributed by atoms with Crippen LogP contribution in [0.15, 0.2) is 21.6 Å². The summed E-state index contributed by atoms with van der Waals surface area (Å²) in [5.41, 5.74) is 0. The van der Waals surface area contributed by atoms with Crippen LogP contribution in [0.5, 0.6) is 0 Å². The smallest absolute Gasteiger partial charge is 0.104 e. The maximum Gasteiger partial charge on any atom is 0.104 e. The monoisotopic (exact) mass is 156 g/mol. The van der Waals surface area contributed by atoms with Crippen molar-refractivity contribution in [2.75, 3.05) is 5.75 Å². The van der Waals surface area contributed by atoms with Gasteiger partial charge in [0.2, 0.25) is 0 Å². The number of rotatable bonds is 3. The molecule has 1 nitrogen and oxygen atoms in total. The highest BCUT2D eigenvalue weighted by Crippen LogP contribution is 2.20. The Morgan fingerprint density at radius 3 is 2.90 bits per heavy atom. The van der Waals surface area contributed by atoms with E-state index >= 15 is 0 Å². The van der Waals surface area contributed by atoms with Crippen molar-refractivity contribution >= 4 is 11.8 Å². The largest absolute Gasteiger partial charge is 0.468 e. The van der Waals surface area contributed by atoms with E-state index in [1.54, 1.807) is 0 Å². The van der Waals surface area contributed by atoms with Gasteiger partial charge in [0.05, 0.1) is 0 Å². The van der Waals surface area contributed by atoms with Crippen LogP contribution >= 0.6 is 11.8 Å². The first-order valence-corrected chi connectivity index (χ1v) is 4.49. The molecule has 0 aliphatic heterocycles. The van der Waals surface area contributed by atoms with Crippen LogP contribution in [0.25, 0.3) is 0 Å². The third kappa shape index (κ3) is 2.10. The molecular weight excluding hydrogens is 144 g/mol. The van der Waals surface area contributed by atoms with Crippen molar-refractivity contribution in [3.05, 3.63) is 18.1 Å². The van der Waals surface area contributed by atoms with Gasteiger partial charge in [-0.25, -0.2) is 0 Å². The van der Waals surface area contributed by atoms with E-state index in [4.69, 9.17) is 4.42 Å². The normalized spacial score (nSPS) is 10.2. The Morgan fingerprint density at radius 2 is 2.40 bits per heavy atom. The maximum atomic E-state index is 5.14. The molecule has 0 aliphatic carbocycles. The van der Waals surface area contributed by atoms with E-state index in [1.807, 2.05) is 24.9 Å². The molecule has 10 heavy (non-hydrogen) atoms. The average Bonchev–Trinajstić information content (AvgIpc) is 2.31. The first kappa shape index (κ1) is 7.73. The molecule has 0 saturated heterocycles. The van der Waals surface area contributed by atoms with Crippen molar-refractivity contribution in [1.29, 1.82) is 0 Å². The van der Waals surface area contributed by atoms with Crippen LogP contribution in [0.2, 0.25) is 0 Å². The third-order valence-corrected chi connectivity index (χ3v) is 2.34. The Hall–Kier alpha value is -0.370. The lowest BCUT2D eigenvalue weighted by atomic mass is 10.5. The molecule has 0 saturated carbocycles. The van der Waals surface area contributed by atoms with Crippen molar-refractivity contribution in [1.82, 2.24) is 0 Å². The molecule has 0 spiro atoms. The van der Waals surface area contributed by atoms with E-state index in [0.29, 0.717) is 0 Å². The summed E-state index contributed by atoms with van der Waals surface area (Å²) in [6, 6.07) is 2.07. The minimum absolute atomic E-state index is 0.999. The van der Waals surface area contributed by atoms with Gasteiger partial charge in [0, 0.05) is 4.90 Å². The van der Waals surface area contributed by atoms with Gasteiger partial charge in [0.15, 0.2) is 0 Å². The standard InChI is InChI=1S/C8H12OS/c1-3-4-10-8-5-7(2)9-6-8/h5-6H,3-4H2,1-2H3. The molecule has 1 aromatic rings. The van der Waals surface area contributed by atoms with Gasteiger partial charge in [0.25, 0.3) is 0 Å². The van der Waals surface area contributed by atoms with Crippen LogP contribution in [0.3, 0.4) is 0 Å². The number of furan rings is 1. The van der Waals surface area contributed by atoms with Gasteiger partial charge in [-0.15, -0.1) is 11.8 Å². The SMILES string of the molecule is CCCSc1coc(C)c1. The van der Waals surface area contributed by atoms with Crippen LogP contribution in [0, 0.1) is 6.92 Å². The van der Waals surface area contributed by atoms with Crippen LogP contribution < -0.4 is 0 Å². The molecular formula is C8H12OS.